The number of hydrogen-bond donors (Lipinski definition) is 2. The van der Waals surface area contributed by atoms with E-state index >= 15 is 0 Å². The second-order valence-electron chi connectivity index (χ2n) is 7.24. The highest BCUT2D eigenvalue weighted by atomic mass is 16.5. The van der Waals surface area contributed by atoms with E-state index in [2.05, 4.69) is 15.5 Å². The number of anilines is 2. The Bertz CT molecular complexity index is 990. The Morgan fingerprint density at radius 2 is 2.07 bits per heavy atom. The standard InChI is InChI=1S/C22H23N3O5/c1-29-19-7-3-2-5-15(19)12-23-20(26)13-30-22(28)14-8-9-17-16(11-14)24-21(27)18-6-4-10-25(17)18/h2-3,5,7-9,11,18H,4,6,10,12-13H2,1H3,(H,23,26)(H,24,27)/t18-/m0/s1. The number of methoxy groups -OCH3 is 1. The maximum absolute atomic E-state index is 12.4. The molecule has 30 heavy (non-hydrogen) atoms. The van der Waals surface area contributed by atoms with E-state index in [-0.39, 0.29) is 24.1 Å². The van der Waals surface area contributed by atoms with Crippen molar-refractivity contribution in [1.82, 2.24) is 5.32 Å². The van der Waals surface area contributed by atoms with Crippen LogP contribution in [0.2, 0.25) is 0 Å². The van der Waals surface area contributed by atoms with Crippen molar-refractivity contribution < 1.29 is 23.9 Å². The summed E-state index contributed by atoms with van der Waals surface area (Å²) in [4.78, 5) is 38.7. The molecule has 8 heteroatoms. The van der Waals surface area contributed by atoms with Gasteiger partial charge in [-0.05, 0) is 37.1 Å². The Hall–Kier alpha value is -3.55. The Balaban J connectivity index is 1.34. The quantitative estimate of drug-likeness (QED) is 0.709. The van der Waals surface area contributed by atoms with E-state index in [1.54, 1.807) is 25.3 Å². The molecular formula is C22H23N3O5. The lowest BCUT2D eigenvalue weighted by molar-refractivity contribution is -0.124. The number of para-hydroxylation sites is 1. The average molecular weight is 409 g/mol. The molecule has 2 aliphatic rings. The number of carbonyl (C=O) groups excluding carboxylic acids is 3. The number of nitrogens with zero attached hydrogens (tertiary/aromatic N) is 1. The summed E-state index contributed by atoms with van der Waals surface area (Å²) in [6, 6.07) is 12.3. The number of amides is 2. The zero-order chi connectivity index (χ0) is 21.1. The molecule has 2 amide bonds. The Morgan fingerprint density at radius 1 is 1.23 bits per heavy atom. The van der Waals surface area contributed by atoms with Crippen LogP contribution in [0.15, 0.2) is 42.5 Å². The van der Waals surface area contributed by atoms with Gasteiger partial charge in [0.1, 0.15) is 11.8 Å². The fraction of sp³-hybridized carbons (Fsp3) is 0.318. The zero-order valence-electron chi connectivity index (χ0n) is 16.6. The number of benzene rings is 2. The van der Waals surface area contributed by atoms with Crippen molar-refractivity contribution in [3.05, 3.63) is 53.6 Å². The third-order valence-electron chi connectivity index (χ3n) is 5.36. The van der Waals surface area contributed by atoms with E-state index in [1.807, 2.05) is 24.3 Å². The van der Waals surface area contributed by atoms with Gasteiger partial charge in [-0.1, -0.05) is 18.2 Å². The molecule has 2 heterocycles. The molecule has 0 radical (unpaired) electrons. The predicted octanol–water partition coefficient (Wildman–Crippen LogP) is 2.09. The van der Waals surface area contributed by atoms with Gasteiger partial charge in [0.2, 0.25) is 5.91 Å². The lowest BCUT2D eigenvalue weighted by Gasteiger charge is -2.33. The molecule has 8 nitrogen and oxygen atoms in total. The van der Waals surface area contributed by atoms with Gasteiger partial charge in [-0.15, -0.1) is 0 Å². The highest BCUT2D eigenvalue weighted by Crippen LogP contribution is 2.37. The van der Waals surface area contributed by atoms with Crippen molar-refractivity contribution in [2.24, 2.45) is 0 Å². The number of hydrogen-bond acceptors (Lipinski definition) is 6. The van der Waals surface area contributed by atoms with Gasteiger partial charge in [0.25, 0.3) is 5.91 Å². The average Bonchev–Trinajstić information content (AvgIpc) is 3.27. The minimum Gasteiger partial charge on any atom is -0.496 e. The molecule has 0 aromatic heterocycles. The molecule has 0 aliphatic carbocycles. The van der Waals surface area contributed by atoms with Crippen LogP contribution in [0.5, 0.6) is 5.75 Å². The third kappa shape index (κ3) is 3.94. The van der Waals surface area contributed by atoms with E-state index in [9.17, 15) is 14.4 Å². The van der Waals surface area contributed by atoms with Crippen LogP contribution in [0.3, 0.4) is 0 Å². The van der Waals surface area contributed by atoms with Crippen LogP contribution in [0, 0.1) is 0 Å². The largest absolute Gasteiger partial charge is 0.496 e. The maximum Gasteiger partial charge on any atom is 0.338 e. The van der Waals surface area contributed by atoms with Gasteiger partial charge in [0.15, 0.2) is 6.61 Å². The molecule has 0 saturated carbocycles. The fourth-order valence-electron chi connectivity index (χ4n) is 3.87. The van der Waals surface area contributed by atoms with E-state index in [0.29, 0.717) is 11.4 Å². The van der Waals surface area contributed by atoms with E-state index in [4.69, 9.17) is 9.47 Å². The van der Waals surface area contributed by atoms with Gasteiger partial charge in [0, 0.05) is 18.7 Å². The van der Waals surface area contributed by atoms with Gasteiger partial charge in [-0.25, -0.2) is 4.79 Å². The molecule has 4 rings (SSSR count). The zero-order valence-corrected chi connectivity index (χ0v) is 16.6. The molecule has 2 aliphatic heterocycles. The molecule has 156 valence electrons. The number of nitrogens with one attached hydrogen (secondary N) is 2. The van der Waals surface area contributed by atoms with E-state index in [0.717, 1.165) is 30.6 Å². The normalized spacial score (nSPS) is 16.9. The van der Waals surface area contributed by atoms with Crippen molar-refractivity contribution in [2.45, 2.75) is 25.4 Å². The summed E-state index contributed by atoms with van der Waals surface area (Å²) >= 11 is 0. The van der Waals surface area contributed by atoms with Crippen molar-refractivity contribution in [2.75, 3.05) is 30.5 Å². The lowest BCUT2D eigenvalue weighted by atomic mass is 10.1. The van der Waals surface area contributed by atoms with Crippen molar-refractivity contribution >= 4 is 29.2 Å². The molecule has 2 aromatic carbocycles. The minimum atomic E-state index is -0.622. The molecule has 1 saturated heterocycles. The summed E-state index contributed by atoms with van der Waals surface area (Å²) in [5.74, 6) is -0.421. The van der Waals surface area contributed by atoms with Crippen LogP contribution in [0.25, 0.3) is 0 Å². The molecule has 0 unspecified atom stereocenters. The molecular weight excluding hydrogens is 386 g/mol. The highest BCUT2D eigenvalue weighted by molar-refractivity contribution is 6.05. The van der Waals surface area contributed by atoms with Crippen LogP contribution < -0.4 is 20.3 Å². The van der Waals surface area contributed by atoms with Crippen LogP contribution in [0.1, 0.15) is 28.8 Å². The van der Waals surface area contributed by atoms with Gasteiger partial charge < -0.3 is 25.0 Å². The number of esters is 1. The van der Waals surface area contributed by atoms with E-state index < -0.39 is 18.5 Å². The monoisotopic (exact) mass is 409 g/mol. The Morgan fingerprint density at radius 3 is 2.90 bits per heavy atom. The number of fused-ring (bicyclic) bond motifs is 3. The SMILES string of the molecule is COc1ccccc1CNC(=O)COC(=O)c1ccc2c(c1)NC(=O)[C@@H]1CCCN21. The summed E-state index contributed by atoms with van der Waals surface area (Å²) in [6.45, 7) is 0.690. The first-order valence-electron chi connectivity index (χ1n) is 9.84. The minimum absolute atomic E-state index is 0.0544. The van der Waals surface area contributed by atoms with Crippen molar-refractivity contribution in [3.63, 3.8) is 0 Å². The van der Waals surface area contributed by atoms with Gasteiger partial charge in [0.05, 0.1) is 24.0 Å². The van der Waals surface area contributed by atoms with E-state index in [1.165, 1.54) is 0 Å². The molecule has 2 aromatic rings. The molecule has 0 spiro atoms. The Kier molecular flexibility index (Phi) is 5.56. The second kappa shape index (κ2) is 8.44. The smallest absolute Gasteiger partial charge is 0.338 e. The summed E-state index contributed by atoms with van der Waals surface area (Å²) in [5.41, 5.74) is 2.60. The molecule has 2 N–H and O–H groups in total. The number of rotatable bonds is 6. The maximum atomic E-state index is 12.4. The summed E-state index contributed by atoms with van der Waals surface area (Å²) in [5, 5.41) is 5.56. The Labute approximate surface area is 174 Å². The molecule has 1 atom stereocenters. The first-order valence-corrected chi connectivity index (χ1v) is 9.84. The topological polar surface area (TPSA) is 97.0 Å². The van der Waals surface area contributed by atoms with Crippen molar-refractivity contribution in [3.8, 4) is 5.75 Å². The predicted molar refractivity (Wildman–Crippen MR) is 111 cm³/mol. The summed E-state index contributed by atoms with van der Waals surface area (Å²) < 4.78 is 10.4. The number of carbonyl (C=O) groups is 3. The first kappa shape index (κ1) is 19.8. The van der Waals surface area contributed by atoms with Crippen LogP contribution >= 0.6 is 0 Å². The third-order valence-corrected chi connectivity index (χ3v) is 5.36. The fourth-order valence-corrected chi connectivity index (χ4v) is 3.87. The van der Waals surface area contributed by atoms with Gasteiger partial charge in [-0.2, -0.15) is 0 Å². The summed E-state index contributed by atoms with van der Waals surface area (Å²) in [6.07, 6.45) is 1.80. The molecule has 0 bridgehead atoms. The van der Waals surface area contributed by atoms with Crippen LogP contribution in [-0.2, 0) is 20.9 Å². The van der Waals surface area contributed by atoms with Crippen LogP contribution in [-0.4, -0.2) is 44.1 Å². The highest BCUT2D eigenvalue weighted by Gasteiger charge is 2.36. The van der Waals surface area contributed by atoms with Crippen molar-refractivity contribution in [1.29, 1.82) is 0 Å². The first-order chi connectivity index (χ1) is 14.6. The molecule has 1 fully saturated rings. The van der Waals surface area contributed by atoms with Gasteiger partial charge >= 0.3 is 5.97 Å². The summed E-state index contributed by atoms with van der Waals surface area (Å²) in [7, 11) is 1.56. The number of ether oxygens (including phenoxy) is 2. The second-order valence-corrected chi connectivity index (χ2v) is 7.24. The van der Waals surface area contributed by atoms with Gasteiger partial charge in [-0.3, -0.25) is 9.59 Å². The lowest BCUT2D eigenvalue weighted by Crippen LogP contribution is -2.43. The van der Waals surface area contributed by atoms with Crippen LogP contribution in [0.4, 0.5) is 11.4 Å².